The van der Waals surface area contributed by atoms with Crippen LogP contribution in [0, 0.1) is 0 Å². The van der Waals surface area contributed by atoms with Gasteiger partial charge in [0.05, 0.1) is 0 Å². The van der Waals surface area contributed by atoms with E-state index < -0.39 is 5.83 Å². The first kappa shape index (κ1) is 6.46. The minimum absolute atomic E-state index is 0.212. The first-order chi connectivity index (χ1) is 4.30. The summed E-state index contributed by atoms with van der Waals surface area (Å²) in [6.45, 7) is 0. The van der Waals surface area contributed by atoms with Gasteiger partial charge in [-0.05, 0) is 22.0 Å². The van der Waals surface area contributed by atoms with E-state index in [1.807, 2.05) is 0 Å². The van der Waals surface area contributed by atoms with E-state index in [0.29, 0.717) is 0 Å². The summed E-state index contributed by atoms with van der Waals surface area (Å²) < 4.78 is 12.6. The lowest BCUT2D eigenvalue weighted by Crippen LogP contribution is -1.67. The van der Waals surface area contributed by atoms with Gasteiger partial charge in [0.2, 0.25) is 0 Å². The van der Waals surface area contributed by atoms with E-state index in [1.54, 1.807) is 0 Å². The summed E-state index contributed by atoms with van der Waals surface area (Å²) >= 11 is 2.92. The van der Waals surface area contributed by atoms with Crippen LogP contribution >= 0.6 is 15.9 Å². The van der Waals surface area contributed by atoms with Crippen LogP contribution < -0.4 is 0 Å². The maximum absolute atomic E-state index is 12.4. The molecule has 0 aromatic rings. The fraction of sp³-hybridized carbons (Fsp3) is 0. The zero-order valence-electron chi connectivity index (χ0n) is 4.44. The van der Waals surface area contributed by atoms with Crippen LogP contribution in [0.4, 0.5) is 4.39 Å². The van der Waals surface area contributed by atoms with Crippen molar-refractivity contribution in [2.24, 2.45) is 4.99 Å². The molecular weight excluding hydrogens is 185 g/mol. The fourth-order valence-corrected chi connectivity index (χ4v) is 0.621. The van der Waals surface area contributed by atoms with E-state index in [1.165, 1.54) is 18.4 Å². The van der Waals surface area contributed by atoms with Crippen LogP contribution in [0.1, 0.15) is 0 Å². The Hall–Kier alpha value is -0.660. The van der Waals surface area contributed by atoms with Crippen molar-refractivity contribution in [2.75, 3.05) is 0 Å². The number of allylic oxidation sites excluding steroid dienone is 2. The molecule has 0 saturated heterocycles. The third-order valence-corrected chi connectivity index (χ3v) is 1.35. The van der Waals surface area contributed by atoms with Crippen molar-refractivity contribution >= 4 is 22.1 Å². The fourth-order valence-electron chi connectivity index (χ4n) is 0.388. The summed E-state index contributed by atoms with van der Waals surface area (Å²) in [7, 11) is 0. The Morgan fingerprint density at radius 2 is 2.44 bits per heavy atom. The highest BCUT2D eigenvalue weighted by Crippen LogP contribution is 2.15. The molecule has 1 aliphatic rings. The van der Waals surface area contributed by atoms with E-state index >= 15 is 0 Å². The standard InChI is InChI=1S/C6H3BrFN/c7-6-5(8)3-1-2-4-9-6/h2-4H. The Labute approximate surface area is 60.4 Å². The third-order valence-electron chi connectivity index (χ3n) is 0.766. The molecule has 0 unspecified atom stereocenters. The van der Waals surface area contributed by atoms with E-state index in [9.17, 15) is 4.39 Å². The zero-order chi connectivity index (χ0) is 6.69. The molecule has 1 rings (SSSR count). The molecule has 0 aliphatic carbocycles. The normalized spacial score (nSPS) is 16.7. The predicted molar refractivity (Wildman–Crippen MR) is 38.2 cm³/mol. The Bertz CT molecular complexity index is 233. The lowest BCUT2D eigenvalue weighted by atomic mass is 10.5. The molecule has 1 aliphatic heterocycles. The second-order valence-electron chi connectivity index (χ2n) is 1.39. The van der Waals surface area contributed by atoms with Crippen molar-refractivity contribution < 1.29 is 4.39 Å². The van der Waals surface area contributed by atoms with Gasteiger partial charge < -0.3 is 0 Å². The maximum atomic E-state index is 12.4. The molecule has 0 radical (unpaired) electrons. The van der Waals surface area contributed by atoms with Crippen molar-refractivity contribution in [2.45, 2.75) is 0 Å². The molecule has 0 fully saturated rings. The van der Waals surface area contributed by atoms with Crippen molar-refractivity contribution in [1.82, 2.24) is 0 Å². The number of aliphatic imine (C=N–C) groups is 1. The van der Waals surface area contributed by atoms with Crippen LogP contribution in [0.2, 0.25) is 0 Å². The Kier molecular flexibility index (Phi) is 1.98. The first-order valence-electron chi connectivity index (χ1n) is 2.31. The number of nitrogens with zero attached hydrogens (tertiary/aromatic N) is 1. The van der Waals surface area contributed by atoms with Gasteiger partial charge in [-0.1, -0.05) is 0 Å². The van der Waals surface area contributed by atoms with Gasteiger partial charge in [0.1, 0.15) is 4.61 Å². The van der Waals surface area contributed by atoms with Crippen molar-refractivity contribution in [3.05, 3.63) is 28.3 Å². The topological polar surface area (TPSA) is 12.4 Å². The molecule has 0 bridgehead atoms. The van der Waals surface area contributed by atoms with Gasteiger partial charge in [0.15, 0.2) is 5.83 Å². The monoisotopic (exact) mass is 187 g/mol. The number of rotatable bonds is 0. The van der Waals surface area contributed by atoms with Crippen LogP contribution in [0.25, 0.3) is 0 Å². The lowest BCUT2D eigenvalue weighted by Gasteiger charge is -1.84. The highest BCUT2D eigenvalue weighted by atomic mass is 79.9. The zero-order valence-corrected chi connectivity index (χ0v) is 6.02. The SMILES string of the molecule is FC1=C(Br)N=CC=C=C1. The molecular formula is C6H3BrFN. The summed E-state index contributed by atoms with van der Waals surface area (Å²) in [4.78, 5) is 3.65. The third kappa shape index (κ3) is 1.63. The van der Waals surface area contributed by atoms with Crippen LogP contribution in [0.15, 0.2) is 33.3 Å². The van der Waals surface area contributed by atoms with Crippen LogP contribution in [0.5, 0.6) is 0 Å². The molecule has 9 heavy (non-hydrogen) atoms. The molecule has 0 aromatic heterocycles. The Balaban J connectivity index is 3.06. The average Bonchev–Trinajstić information content (AvgIpc) is 1.99. The van der Waals surface area contributed by atoms with Crippen LogP contribution in [-0.2, 0) is 0 Å². The minimum Gasteiger partial charge on any atom is -0.246 e. The molecule has 3 heteroatoms. The minimum atomic E-state index is -0.403. The van der Waals surface area contributed by atoms with Gasteiger partial charge in [-0.15, -0.1) is 5.73 Å². The van der Waals surface area contributed by atoms with E-state index in [2.05, 4.69) is 26.7 Å². The molecule has 46 valence electrons. The molecule has 0 atom stereocenters. The van der Waals surface area contributed by atoms with Gasteiger partial charge in [-0.2, -0.15) is 0 Å². The summed E-state index contributed by atoms with van der Waals surface area (Å²) in [5, 5.41) is 0. The van der Waals surface area contributed by atoms with E-state index in [4.69, 9.17) is 0 Å². The quantitative estimate of drug-likeness (QED) is 0.408. The molecule has 1 nitrogen and oxygen atoms in total. The molecule has 0 spiro atoms. The number of halogens is 2. The largest absolute Gasteiger partial charge is 0.246 e. The van der Waals surface area contributed by atoms with Crippen molar-refractivity contribution in [3.8, 4) is 0 Å². The lowest BCUT2D eigenvalue weighted by molar-refractivity contribution is 0.662. The van der Waals surface area contributed by atoms with Crippen molar-refractivity contribution in [1.29, 1.82) is 0 Å². The van der Waals surface area contributed by atoms with Gasteiger partial charge in [0, 0.05) is 12.3 Å². The van der Waals surface area contributed by atoms with Gasteiger partial charge in [0.25, 0.3) is 0 Å². The van der Waals surface area contributed by atoms with E-state index in [-0.39, 0.29) is 4.61 Å². The van der Waals surface area contributed by atoms with Crippen molar-refractivity contribution in [3.63, 3.8) is 0 Å². The molecule has 0 N–H and O–H groups in total. The second kappa shape index (κ2) is 2.76. The van der Waals surface area contributed by atoms with Gasteiger partial charge in [-0.25, -0.2) is 9.38 Å². The number of hydrogen-bond acceptors (Lipinski definition) is 1. The molecule has 0 aromatic carbocycles. The highest BCUT2D eigenvalue weighted by Gasteiger charge is 1.96. The second-order valence-corrected chi connectivity index (χ2v) is 2.15. The Morgan fingerprint density at radius 3 is 3.22 bits per heavy atom. The average molecular weight is 188 g/mol. The summed E-state index contributed by atoms with van der Waals surface area (Å²) in [5.41, 5.74) is 2.57. The van der Waals surface area contributed by atoms with E-state index in [0.717, 1.165) is 0 Å². The molecule has 0 saturated carbocycles. The maximum Gasteiger partial charge on any atom is 0.163 e. The summed E-state index contributed by atoms with van der Waals surface area (Å²) in [5.74, 6) is -0.403. The highest BCUT2D eigenvalue weighted by molar-refractivity contribution is 9.11. The summed E-state index contributed by atoms with van der Waals surface area (Å²) in [6.07, 6.45) is 4.22. The van der Waals surface area contributed by atoms with Gasteiger partial charge in [-0.3, -0.25) is 0 Å². The smallest absolute Gasteiger partial charge is 0.163 e. The van der Waals surface area contributed by atoms with Crippen LogP contribution in [-0.4, -0.2) is 6.21 Å². The van der Waals surface area contributed by atoms with Crippen LogP contribution in [0.3, 0.4) is 0 Å². The Morgan fingerprint density at radius 1 is 1.67 bits per heavy atom. The molecule has 1 heterocycles. The summed E-state index contributed by atoms with van der Waals surface area (Å²) in [6, 6.07) is 0. The molecule has 0 amide bonds. The van der Waals surface area contributed by atoms with Gasteiger partial charge >= 0.3 is 0 Å². The first-order valence-corrected chi connectivity index (χ1v) is 3.10. The predicted octanol–water partition coefficient (Wildman–Crippen LogP) is 2.32. The number of hydrogen-bond donors (Lipinski definition) is 0.